The Kier molecular flexibility index (Phi) is 7.15. The molecular formula is C21H28O3. The summed E-state index contributed by atoms with van der Waals surface area (Å²) in [6.07, 6.45) is 12.8. The first-order chi connectivity index (χ1) is 11.2. The van der Waals surface area contributed by atoms with Crippen molar-refractivity contribution >= 4 is 11.8 Å². The molecule has 0 amide bonds. The van der Waals surface area contributed by atoms with Crippen molar-refractivity contribution in [2.24, 2.45) is 5.41 Å². The van der Waals surface area contributed by atoms with Crippen LogP contribution >= 0.6 is 0 Å². The Labute approximate surface area is 145 Å². The molecule has 0 aromatic carbocycles. The molecule has 3 nitrogen and oxygen atoms in total. The number of allylic oxidation sites excluding steroid dienone is 9. The lowest BCUT2D eigenvalue weighted by atomic mass is 9.72. The van der Waals surface area contributed by atoms with E-state index >= 15 is 0 Å². The first-order valence-corrected chi connectivity index (χ1v) is 8.21. The maximum Gasteiger partial charge on any atom is 0.330 e. The minimum atomic E-state index is -0.357. The maximum atomic E-state index is 11.9. The van der Waals surface area contributed by atoms with Gasteiger partial charge in [0, 0.05) is 12.5 Å². The average molecular weight is 328 g/mol. The summed E-state index contributed by atoms with van der Waals surface area (Å²) in [4.78, 5) is 23.1. The van der Waals surface area contributed by atoms with Gasteiger partial charge in [-0.1, -0.05) is 49.8 Å². The standard InChI is InChI=1S/C21H28O3/c1-15(8-7-9-16(2)14-20(23)24-6)10-11-18-17(3)19(22)12-13-21(18,4)5/h7-11,14H,12-13H2,1-6H3/b9-7?,11-10?,15-8?,16-14-. The fourth-order valence-electron chi connectivity index (χ4n) is 2.67. The zero-order valence-corrected chi connectivity index (χ0v) is 15.6. The molecule has 130 valence electrons. The fraction of sp³-hybridized carbons (Fsp3) is 0.429. The van der Waals surface area contributed by atoms with Crippen LogP contribution in [0.1, 0.15) is 47.5 Å². The van der Waals surface area contributed by atoms with Gasteiger partial charge in [-0.25, -0.2) is 4.79 Å². The van der Waals surface area contributed by atoms with Crippen LogP contribution in [-0.2, 0) is 14.3 Å². The predicted octanol–water partition coefficient (Wildman–Crippen LogP) is 4.87. The van der Waals surface area contributed by atoms with E-state index in [0.29, 0.717) is 6.42 Å². The fourth-order valence-corrected chi connectivity index (χ4v) is 2.67. The van der Waals surface area contributed by atoms with Crippen LogP contribution in [-0.4, -0.2) is 18.9 Å². The number of hydrogen-bond acceptors (Lipinski definition) is 3. The molecule has 1 rings (SSSR count). The van der Waals surface area contributed by atoms with Crippen molar-refractivity contribution in [1.29, 1.82) is 0 Å². The molecule has 1 aliphatic carbocycles. The smallest absolute Gasteiger partial charge is 0.330 e. The number of ether oxygens (including phenoxy) is 1. The number of esters is 1. The quantitative estimate of drug-likeness (QED) is 0.411. The maximum absolute atomic E-state index is 11.9. The molecule has 0 saturated heterocycles. The summed E-state index contributed by atoms with van der Waals surface area (Å²) in [6.45, 7) is 10.1. The number of ketones is 1. The first kappa shape index (κ1) is 19.9. The molecular weight excluding hydrogens is 300 g/mol. The number of Topliss-reactive ketones (excluding diaryl/α,β-unsaturated/α-hetero) is 1. The first-order valence-electron chi connectivity index (χ1n) is 8.21. The summed E-state index contributed by atoms with van der Waals surface area (Å²) in [5.41, 5.74) is 3.93. The molecule has 0 saturated carbocycles. The highest BCUT2D eigenvalue weighted by Crippen LogP contribution is 2.39. The summed E-state index contributed by atoms with van der Waals surface area (Å²) in [5.74, 6) is -0.108. The molecule has 0 aromatic rings. The highest BCUT2D eigenvalue weighted by Gasteiger charge is 2.30. The average Bonchev–Trinajstić information content (AvgIpc) is 2.51. The second kappa shape index (κ2) is 8.62. The minimum absolute atomic E-state index is 0.0322. The Morgan fingerprint density at radius 2 is 1.83 bits per heavy atom. The zero-order chi connectivity index (χ0) is 18.3. The second-order valence-corrected chi connectivity index (χ2v) is 6.86. The van der Waals surface area contributed by atoms with Crippen LogP contribution in [0.5, 0.6) is 0 Å². The van der Waals surface area contributed by atoms with E-state index in [9.17, 15) is 9.59 Å². The Bertz CT molecular complexity index is 653. The van der Waals surface area contributed by atoms with Crippen LogP contribution in [0.4, 0.5) is 0 Å². The molecule has 0 spiro atoms. The van der Waals surface area contributed by atoms with Gasteiger partial charge < -0.3 is 4.74 Å². The largest absolute Gasteiger partial charge is 0.466 e. The van der Waals surface area contributed by atoms with Crippen molar-refractivity contribution in [2.45, 2.75) is 47.5 Å². The van der Waals surface area contributed by atoms with Crippen LogP contribution in [0.15, 0.2) is 58.7 Å². The van der Waals surface area contributed by atoms with E-state index in [2.05, 4.69) is 24.7 Å². The van der Waals surface area contributed by atoms with Gasteiger partial charge in [0.15, 0.2) is 5.78 Å². The molecule has 0 radical (unpaired) electrons. The number of carbonyl (C=O) groups excluding carboxylic acids is 2. The van der Waals surface area contributed by atoms with E-state index in [-0.39, 0.29) is 17.2 Å². The SMILES string of the molecule is COC(=O)/C=C(/C)C=CC=C(C)C=CC1=C(C)C(=O)CCC1(C)C. The minimum Gasteiger partial charge on any atom is -0.466 e. The Hall–Kier alpha value is -2.16. The van der Waals surface area contributed by atoms with Crippen LogP contribution < -0.4 is 0 Å². The molecule has 1 aliphatic rings. The summed E-state index contributed by atoms with van der Waals surface area (Å²) < 4.78 is 4.58. The lowest BCUT2D eigenvalue weighted by molar-refractivity contribution is -0.134. The van der Waals surface area contributed by atoms with Gasteiger partial charge in [-0.15, -0.1) is 0 Å². The number of rotatable bonds is 5. The van der Waals surface area contributed by atoms with E-state index in [4.69, 9.17) is 0 Å². The van der Waals surface area contributed by atoms with Crippen molar-refractivity contribution in [3.05, 3.63) is 58.7 Å². The zero-order valence-electron chi connectivity index (χ0n) is 15.6. The van der Waals surface area contributed by atoms with Crippen LogP contribution in [0.3, 0.4) is 0 Å². The molecule has 24 heavy (non-hydrogen) atoms. The van der Waals surface area contributed by atoms with Gasteiger partial charge in [0.05, 0.1) is 7.11 Å². The lowest BCUT2D eigenvalue weighted by Crippen LogP contribution is -2.24. The summed E-state index contributed by atoms with van der Waals surface area (Å²) in [6, 6.07) is 0. The van der Waals surface area contributed by atoms with E-state index in [1.807, 2.05) is 45.1 Å². The van der Waals surface area contributed by atoms with Gasteiger partial charge in [0.2, 0.25) is 0 Å². The topological polar surface area (TPSA) is 43.4 Å². The Balaban J connectivity index is 2.86. The third kappa shape index (κ3) is 5.80. The van der Waals surface area contributed by atoms with Crippen LogP contribution in [0.25, 0.3) is 0 Å². The van der Waals surface area contributed by atoms with Gasteiger partial charge in [-0.3, -0.25) is 4.79 Å². The lowest BCUT2D eigenvalue weighted by Gasteiger charge is -2.32. The van der Waals surface area contributed by atoms with E-state index in [1.165, 1.54) is 13.2 Å². The van der Waals surface area contributed by atoms with E-state index in [1.54, 1.807) is 0 Å². The van der Waals surface area contributed by atoms with Crippen LogP contribution in [0, 0.1) is 5.41 Å². The number of carbonyl (C=O) groups is 2. The Morgan fingerprint density at radius 1 is 1.17 bits per heavy atom. The molecule has 3 heteroatoms. The van der Waals surface area contributed by atoms with Crippen molar-refractivity contribution in [3.63, 3.8) is 0 Å². The molecule has 0 heterocycles. The van der Waals surface area contributed by atoms with E-state index < -0.39 is 0 Å². The molecule has 0 aliphatic heterocycles. The molecule has 0 N–H and O–H groups in total. The molecule has 0 atom stereocenters. The third-order valence-corrected chi connectivity index (χ3v) is 4.31. The van der Waals surface area contributed by atoms with Crippen molar-refractivity contribution in [3.8, 4) is 0 Å². The molecule has 0 aromatic heterocycles. The highest BCUT2D eigenvalue weighted by molar-refractivity contribution is 5.97. The van der Waals surface area contributed by atoms with Crippen LogP contribution in [0.2, 0.25) is 0 Å². The van der Waals surface area contributed by atoms with Crippen molar-refractivity contribution in [2.75, 3.05) is 7.11 Å². The summed E-state index contributed by atoms with van der Waals surface area (Å²) >= 11 is 0. The van der Waals surface area contributed by atoms with Crippen molar-refractivity contribution in [1.82, 2.24) is 0 Å². The van der Waals surface area contributed by atoms with Gasteiger partial charge >= 0.3 is 5.97 Å². The van der Waals surface area contributed by atoms with Crippen molar-refractivity contribution < 1.29 is 14.3 Å². The molecule has 0 unspecified atom stereocenters. The Morgan fingerprint density at radius 3 is 2.46 bits per heavy atom. The number of hydrogen-bond donors (Lipinski definition) is 0. The number of methoxy groups -OCH3 is 1. The summed E-state index contributed by atoms with van der Waals surface area (Å²) in [7, 11) is 1.36. The predicted molar refractivity (Wildman–Crippen MR) is 98.5 cm³/mol. The second-order valence-electron chi connectivity index (χ2n) is 6.86. The third-order valence-electron chi connectivity index (χ3n) is 4.31. The monoisotopic (exact) mass is 328 g/mol. The normalized spacial score (nSPS) is 19.5. The van der Waals surface area contributed by atoms with Gasteiger partial charge in [-0.2, -0.15) is 0 Å². The van der Waals surface area contributed by atoms with Gasteiger partial charge in [0.25, 0.3) is 0 Å². The van der Waals surface area contributed by atoms with Gasteiger partial charge in [0.1, 0.15) is 0 Å². The van der Waals surface area contributed by atoms with E-state index in [0.717, 1.165) is 28.7 Å². The van der Waals surface area contributed by atoms with Gasteiger partial charge in [-0.05, 0) is 49.3 Å². The molecule has 0 fully saturated rings. The summed E-state index contributed by atoms with van der Waals surface area (Å²) in [5, 5.41) is 0. The highest BCUT2D eigenvalue weighted by atomic mass is 16.5. The molecule has 0 bridgehead atoms.